The molecule has 108 valence electrons. The van der Waals surface area contributed by atoms with Crippen LogP contribution in [0.4, 0.5) is 0 Å². The first-order chi connectivity index (χ1) is 8.75. The summed E-state index contributed by atoms with van der Waals surface area (Å²) in [5.74, 6) is 0. The summed E-state index contributed by atoms with van der Waals surface area (Å²) in [6.45, 7) is 9.97. The standard InChI is InChI=1S/C14H30N2O2/c1-4-17-9-5-8-15-12-13(2)16(3)14-6-10-18-11-7-14/h13-15H,4-12H2,1-3H3. The minimum Gasteiger partial charge on any atom is -0.382 e. The highest BCUT2D eigenvalue weighted by atomic mass is 16.5. The average molecular weight is 258 g/mol. The van der Waals surface area contributed by atoms with Crippen LogP contribution in [0.3, 0.4) is 0 Å². The monoisotopic (exact) mass is 258 g/mol. The maximum Gasteiger partial charge on any atom is 0.0480 e. The first-order valence-electron chi connectivity index (χ1n) is 7.33. The molecule has 1 unspecified atom stereocenters. The maximum atomic E-state index is 5.41. The second-order valence-electron chi connectivity index (χ2n) is 5.11. The maximum absolute atomic E-state index is 5.41. The molecule has 0 aliphatic carbocycles. The Hall–Kier alpha value is -0.160. The zero-order valence-electron chi connectivity index (χ0n) is 12.3. The minimum absolute atomic E-state index is 0.584. The summed E-state index contributed by atoms with van der Waals surface area (Å²) in [5.41, 5.74) is 0. The fourth-order valence-electron chi connectivity index (χ4n) is 2.35. The molecule has 0 aromatic heterocycles. The molecule has 4 nitrogen and oxygen atoms in total. The SMILES string of the molecule is CCOCCCNCC(C)N(C)C1CCOCC1. The van der Waals surface area contributed by atoms with Crippen LogP contribution in [0, 0.1) is 0 Å². The molecule has 1 aliphatic rings. The van der Waals surface area contributed by atoms with E-state index in [0.717, 1.165) is 45.9 Å². The summed E-state index contributed by atoms with van der Waals surface area (Å²) in [6, 6.07) is 1.28. The topological polar surface area (TPSA) is 33.7 Å². The van der Waals surface area contributed by atoms with E-state index in [-0.39, 0.29) is 0 Å². The van der Waals surface area contributed by atoms with Crippen molar-refractivity contribution in [1.29, 1.82) is 0 Å². The van der Waals surface area contributed by atoms with E-state index in [4.69, 9.17) is 9.47 Å². The molecule has 1 N–H and O–H groups in total. The quantitative estimate of drug-likeness (QED) is 0.636. The van der Waals surface area contributed by atoms with Gasteiger partial charge in [-0.15, -0.1) is 0 Å². The molecule has 0 radical (unpaired) electrons. The van der Waals surface area contributed by atoms with Gasteiger partial charge in [-0.25, -0.2) is 0 Å². The lowest BCUT2D eigenvalue weighted by atomic mass is 10.1. The summed E-state index contributed by atoms with van der Waals surface area (Å²) in [7, 11) is 2.24. The first kappa shape index (κ1) is 15.9. The molecule has 0 bridgehead atoms. The summed E-state index contributed by atoms with van der Waals surface area (Å²) >= 11 is 0. The first-order valence-corrected chi connectivity index (χ1v) is 7.33. The van der Waals surface area contributed by atoms with Gasteiger partial charge in [0, 0.05) is 45.1 Å². The summed E-state index contributed by atoms with van der Waals surface area (Å²) < 4.78 is 10.7. The number of hydrogen-bond acceptors (Lipinski definition) is 4. The zero-order valence-corrected chi connectivity index (χ0v) is 12.3. The van der Waals surface area contributed by atoms with Crippen LogP contribution < -0.4 is 5.32 Å². The second-order valence-corrected chi connectivity index (χ2v) is 5.11. The third-order valence-electron chi connectivity index (χ3n) is 3.75. The Labute approximate surface area is 112 Å². The van der Waals surface area contributed by atoms with Crippen molar-refractivity contribution < 1.29 is 9.47 Å². The van der Waals surface area contributed by atoms with Gasteiger partial charge in [-0.3, -0.25) is 4.90 Å². The summed E-state index contributed by atoms with van der Waals surface area (Å²) in [5, 5.41) is 3.51. The van der Waals surface area contributed by atoms with Crippen molar-refractivity contribution in [3.05, 3.63) is 0 Å². The smallest absolute Gasteiger partial charge is 0.0480 e. The van der Waals surface area contributed by atoms with Crippen LogP contribution in [0.2, 0.25) is 0 Å². The Morgan fingerprint density at radius 3 is 2.78 bits per heavy atom. The van der Waals surface area contributed by atoms with Crippen molar-refractivity contribution in [2.45, 2.75) is 45.2 Å². The van der Waals surface area contributed by atoms with Gasteiger partial charge in [0.05, 0.1) is 0 Å². The van der Waals surface area contributed by atoms with Crippen molar-refractivity contribution in [2.75, 3.05) is 46.6 Å². The number of rotatable bonds is 9. The lowest BCUT2D eigenvalue weighted by Crippen LogP contribution is -2.46. The molecule has 4 heteroatoms. The van der Waals surface area contributed by atoms with Crippen molar-refractivity contribution >= 4 is 0 Å². The molecule has 1 fully saturated rings. The van der Waals surface area contributed by atoms with E-state index >= 15 is 0 Å². The van der Waals surface area contributed by atoms with Crippen LogP contribution in [0.5, 0.6) is 0 Å². The third-order valence-corrected chi connectivity index (χ3v) is 3.75. The molecule has 0 aromatic carbocycles. The summed E-state index contributed by atoms with van der Waals surface area (Å²) in [4.78, 5) is 2.50. The molecule has 0 saturated carbocycles. The van der Waals surface area contributed by atoms with E-state index in [2.05, 4.69) is 24.2 Å². The largest absolute Gasteiger partial charge is 0.382 e. The molecule has 0 aromatic rings. The van der Waals surface area contributed by atoms with Gasteiger partial charge in [0.15, 0.2) is 0 Å². The predicted octanol–water partition coefficient (Wildman–Crippen LogP) is 1.50. The lowest BCUT2D eigenvalue weighted by Gasteiger charge is -2.35. The Bertz CT molecular complexity index is 196. The van der Waals surface area contributed by atoms with Crippen molar-refractivity contribution in [3.63, 3.8) is 0 Å². The van der Waals surface area contributed by atoms with Crippen molar-refractivity contribution in [3.8, 4) is 0 Å². The fourth-order valence-corrected chi connectivity index (χ4v) is 2.35. The van der Waals surface area contributed by atoms with Crippen molar-refractivity contribution in [2.24, 2.45) is 0 Å². The van der Waals surface area contributed by atoms with Crippen LogP contribution in [0.1, 0.15) is 33.1 Å². The van der Waals surface area contributed by atoms with Crippen molar-refractivity contribution in [1.82, 2.24) is 10.2 Å². The molecule has 1 rings (SSSR count). The number of nitrogens with zero attached hydrogens (tertiary/aromatic N) is 1. The van der Waals surface area contributed by atoms with Crippen LogP contribution in [-0.2, 0) is 9.47 Å². The van der Waals surface area contributed by atoms with Gasteiger partial charge in [0.2, 0.25) is 0 Å². The Kier molecular flexibility index (Phi) is 8.59. The van der Waals surface area contributed by atoms with E-state index in [0.29, 0.717) is 12.1 Å². The van der Waals surface area contributed by atoms with E-state index in [1.165, 1.54) is 12.8 Å². The van der Waals surface area contributed by atoms with Gasteiger partial charge in [-0.05, 0) is 46.7 Å². The number of nitrogens with one attached hydrogen (secondary N) is 1. The van der Waals surface area contributed by atoms with Crippen LogP contribution in [0.25, 0.3) is 0 Å². The van der Waals surface area contributed by atoms with E-state index < -0.39 is 0 Å². The van der Waals surface area contributed by atoms with Gasteiger partial charge >= 0.3 is 0 Å². The molecule has 1 heterocycles. The van der Waals surface area contributed by atoms with E-state index in [1.54, 1.807) is 0 Å². The molecule has 1 atom stereocenters. The van der Waals surface area contributed by atoms with Gasteiger partial charge in [0.1, 0.15) is 0 Å². The molecular formula is C14H30N2O2. The van der Waals surface area contributed by atoms with Crippen LogP contribution in [0.15, 0.2) is 0 Å². The highest BCUT2D eigenvalue weighted by Crippen LogP contribution is 2.14. The van der Waals surface area contributed by atoms with Crippen LogP contribution in [-0.4, -0.2) is 63.5 Å². The van der Waals surface area contributed by atoms with E-state index in [9.17, 15) is 0 Å². The molecule has 0 amide bonds. The van der Waals surface area contributed by atoms with Gasteiger partial charge in [-0.2, -0.15) is 0 Å². The predicted molar refractivity (Wildman–Crippen MR) is 75.0 cm³/mol. The second kappa shape index (κ2) is 9.73. The van der Waals surface area contributed by atoms with Gasteiger partial charge in [0.25, 0.3) is 0 Å². The number of likely N-dealkylation sites (N-methyl/N-ethyl adjacent to an activating group) is 1. The molecular weight excluding hydrogens is 228 g/mol. The lowest BCUT2D eigenvalue weighted by molar-refractivity contribution is 0.0311. The molecule has 0 spiro atoms. The minimum atomic E-state index is 0.584. The Morgan fingerprint density at radius 2 is 2.11 bits per heavy atom. The fraction of sp³-hybridized carbons (Fsp3) is 1.00. The highest BCUT2D eigenvalue weighted by molar-refractivity contribution is 4.77. The Morgan fingerprint density at radius 1 is 1.39 bits per heavy atom. The highest BCUT2D eigenvalue weighted by Gasteiger charge is 2.21. The third kappa shape index (κ3) is 6.14. The number of hydrogen-bond donors (Lipinski definition) is 1. The molecule has 18 heavy (non-hydrogen) atoms. The normalized spacial score (nSPS) is 19.3. The van der Waals surface area contributed by atoms with Crippen LogP contribution >= 0.6 is 0 Å². The van der Waals surface area contributed by atoms with E-state index in [1.807, 2.05) is 6.92 Å². The average Bonchev–Trinajstić information content (AvgIpc) is 2.42. The summed E-state index contributed by atoms with van der Waals surface area (Å²) in [6.07, 6.45) is 3.44. The van der Waals surface area contributed by atoms with Gasteiger partial charge in [-0.1, -0.05) is 0 Å². The zero-order chi connectivity index (χ0) is 13.2. The van der Waals surface area contributed by atoms with Gasteiger partial charge < -0.3 is 14.8 Å². The number of ether oxygens (including phenoxy) is 2. The Balaban J connectivity index is 2.05. The molecule has 1 saturated heterocycles. The molecule has 1 aliphatic heterocycles.